The van der Waals surface area contributed by atoms with Crippen molar-refractivity contribution in [2.24, 2.45) is 29.6 Å². The Morgan fingerprint density at radius 1 is 1.21 bits per heavy atom. The monoisotopic (exact) mass is 372 g/mol. The van der Waals surface area contributed by atoms with E-state index in [2.05, 4.69) is 31.0 Å². The summed E-state index contributed by atoms with van der Waals surface area (Å²) in [5.74, 6) is 1.46. The highest BCUT2D eigenvalue weighted by Gasteiger charge is 2.48. The van der Waals surface area contributed by atoms with Crippen LogP contribution in [0.5, 0.6) is 0 Å². The van der Waals surface area contributed by atoms with Crippen LogP contribution in [-0.4, -0.2) is 17.6 Å². The Hall–Kier alpha value is -2.93. The maximum absolute atomic E-state index is 12.2. The lowest BCUT2D eigenvalue weighted by atomic mass is 9.64. The predicted molar refractivity (Wildman–Crippen MR) is 108 cm³/mol. The molecule has 1 aromatic carbocycles. The van der Waals surface area contributed by atoms with Crippen molar-refractivity contribution in [1.82, 2.24) is 4.98 Å². The fraction of sp³-hybridized carbons (Fsp3) is 0.375. The molecule has 4 heteroatoms. The molecule has 0 N–H and O–H groups in total. The second-order valence-electron chi connectivity index (χ2n) is 8.05. The van der Waals surface area contributed by atoms with Crippen LogP contribution in [0.25, 0.3) is 17.2 Å². The van der Waals surface area contributed by atoms with Gasteiger partial charge in [-0.1, -0.05) is 44.2 Å². The Kier molecular flexibility index (Phi) is 5.00. The molecule has 2 aliphatic rings. The van der Waals surface area contributed by atoms with Crippen LogP contribution in [0.2, 0.25) is 0 Å². The van der Waals surface area contributed by atoms with Gasteiger partial charge in [0.05, 0.1) is 29.9 Å². The molecule has 0 bridgehead atoms. The third-order valence-corrected chi connectivity index (χ3v) is 6.45. The van der Waals surface area contributed by atoms with Crippen LogP contribution in [0.1, 0.15) is 31.5 Å². The number of hydrogen-bond acceptors (Lipinski definition) is 4. The van der Waals surface area contributed by atoms with Gasteiger partial charge in [0.2, 0.25) is 0 Å². The summed E-state index contributed by atoms with van der Waals surface area (Å²) in [6.07, 6.45) is 7.03. The van der Waals surface area contributed by atoms with E-state index < -0.39 is 0 Å². The van der Waals surface area contributed by atoms with Crippen molar-refractivity contribution in [2.75, 3.05) is 6.61 Å². The van der Waals surface area contributed by atoms with E-state index in [9.17, 15) is 10.1 Å². The molecular weight excluding hydrogens is 348 g/mol. The maximum atomic E-state index is 12.2. The van der Waals surface area contributed by atoms with E-state index in [1.165, 1.54) is 0 Å². The van der Waals surface area contributed by atoms with E-state index in [0.717, 1.165) is 23.2 Å². The van der Waals surface area contributed by atoms with Crippen molar-refractivity contribution in [3.63, 3.8) is 0 Å². The standard InChI is InChI=1S/C24H24N2O2/c1-15-11-19-14-28-24(27)23(19)21(16(15)2)10-9-20-8-7-18(13-26-20)22-6-4-3-5-17(22)12-25/h3-10,13,15-16,19,21,23H,11,14H2,1-2H3/b10-9+/t15-,16+,19-,21-,23+/m0/s1. The number of cyclic esters (lactones) is 1. The lowest BCUT2D eigenvalue weighted by Crippen LogP contribution is -2.38. The first-order valence-corrected chi connectivity index (χ1v) is 9.89. The topological polar surface area (TPSA) is 63.0 Å². The largest absolute Gasteiger partial charge is 0.465 e. The zero-order valence-corrected chi connectivity index (χ0v) is 16.2. The fourth-order valence-electron chi connectivity index (χ4n) is 4.67. The van der Waals surface area contributed by atoms with Crippen molar-refractivity contribution in [1.29, 1.82) is 5.26 Å². The minimum Gasteiger partial charge on any atom is -0.465 e. The van der Waals surface area contributed by atoms with Crippen molar-refractivity contribution in [3.8, 4) is 17.2 Å². The summed E-state index contributed by atoms with van der Waals surface area (Å²) in [4.78, 5) is 16.8. The number of allylic oxidation sites excluding steroid dienone is 1. The minimum atomic E-state index is -0.0465. The number of benzene rings is 1. The molecule has 142 valence electrons. The van der Waals surface area contributed by atoms with Gasteiger partial charge in [-0.2, -0.15) is 5.26 Å². The molecule has 0 radical (unpaired) electrons. The first-order valence-electron chi connectivity index (χ1n) is 9.89. The van der Waals surface area contributed by atoms with Crippen molar-refractivity contribution >= 4 is 12.0 Å². The number of nitriles is 1. The zero-order valence-electron chi connectivity index (χ0n) is 16.2. The predicted octanol–water partition coefficient (Wildman–Crippen LogP) is 4.71. The molecule has 4 nitrogen and oxygen atoms in total. The van der Waals surface area contributed by atoms with Crippen molar-refractivity contribution in [3.05, 3.63) is 59.9 Å². The molecule has 4 rings (SSSR count). The molecule has 2 heterocycles. The average molecular weight is 372 g/mol. The van der Waals surface area contributed by atoms with Crippen LogP contribution in [0.15, 0.2) is 48.7 Å². The lowest BCUT2D eigenvalue weighted by molar-refractivity contribution is -0.143. The normalized spacial score (nSPS) is 29.3. The second-order valence-corrected chi connectivity index (χ2v) is 8.05. The Balaban J connectivity index is 1.56. The molecule has 28 heavy (non-hydrogen) atoms. The van der Waals surface area contributed by atoms with Crippen LogP contribution in [0, 0.1) is 40.9 Å². The molecule has 1 saturated carbocycles. The van der Waals surface area contributed by atoms with E-state index >= 15 is 0 Å². The first-order chi connectivity index (χ1) is 13.6. The summed E-state index contributed by atoms with van der Waals surface area (Å²) in [5.41, 5.74) is 3.31. The molecule has 0 spiro atoms. The second kappa shape index (κ2) is 7.59. The number of hydrogen-bond donors (Lipinski definition) is 0. The highest BCUT2D eigenvalue weighted by atomic mass is 16.5. The molecule has 1 saturated heterocycles. The lowest BCUT2D eigenvalue weighted by Gasteiger charge is -2.38. The number of aromatic nitrogens is 1. The van der Waals surface area contributed by atoms with Crippen LogP contribution in [0.4, 0.5) is 0 Å². The van der Waals surface area contributed by atoms with Gasteiger partial charge in [-0.3, -0.25) is 9.78 Å². The molecule has 0 unspecified atom stereocenters. The van der Waals surface area contributed by atoms with E-state index in [1.807, 2.05) is 42.5 Å². The van der Waals surface area contributed by atoms with E-state index in [1.54, 1.807) is 6.20 Å². The number of carbonyl (C=O) groups excluding carboxylic acids is 1. The Bertz CT molecular complexity index is 942. The van der Waals surface area contributed by atoms with Gasteiger partial charge in [0.15, 0.2) is 0 Å². The highest BCUT2D eigenvalue weighted by Crippen LogP contribution is 2.46. The summed E-state index contributed by atoms with van der Waals surface area (Å²) in [6.45, 7) is 5.07. The molecule has 1 aliphatic carbocycles. The molecule has 2 aromatic rings. The van der Waals surface area contributed by atoms with E-state index in [-0.39, 0.29) is 17.8 Å². The number of carbonyl (C=O) groups is 1. The van der Waals surface area contributed by atoms with Gasteiger partial charge in [-0.15, -0.1) is 0 Å². The van der Waals surface area contributed by atoms with Crippen molar-refractivity contribution < 1.29 is 9.53 Å². The van der Waals surface area contributed by atoms with Crippen LogP contribution < -0.4 is 0 Å². The number of fused-ring (bicyclic) bond motifs is 1. The van der Waals surface area contributed by atoms with Gasteiger partial charge in [0.1, 0.15) is 0 Å². The van der Waals surface area contributed by atoms with Gasteiger partial charge < -0.3 is 4.74 Å². The molecule has 1 aliphatic heterocycles. The number of pyridine rings is 1. The zero-order chi connectivity index (χ0) is 19.7. The molecular formula is C24H24N2O2. The SMILES string of the molecule is C[C@H]1[C@H](/C=C/c2ccc(-c3ccccc3C#N)cn2)[C@@H]2C(=O)OC[C@@H]2C[C@@H]1C. The van der Waals surface area contributed by atoms with Gasteiger partial charge in [0.25, 0.3) is 0 Å². The van der Waals surface area contributed by atoms with Crippen LogP contribution >= 0.6 is 0 Å². The van der Waals surface area contributed by atoms with Gasteiger partial charge >= 0.3 is 5.97 Å². The summed E-state index contributed by atoms with van der Waals surface area (Å²) < 4.78 is 5.35. The first kappa shape index (κ1) is 18.4. The summed E-state index contributed by atoms with van der Waals surface area (Å²) in [6, 6.07) is 13.7. The molecule has 2 fully saturated rings. The smallest absolute Gasteiger partial charge is 0.309 e. The highest BCUT2D eigenvalue weighted by molar-refractivity contribution is 5.76. The van der Waals surface area contributed by atoms with Gasteiger partial charge in [-0.05, 0) is 42.4 Å². The Labute approximate surface area is 165 Å². The third kappa shape index (κ3) is 3.33. The van der Waals surface area contributed by atoms with Crippen LogP contribution in [0.3, 0.4) is 0 Å². The summed E-state index contributed by atoms with van der Waals surface area (Å²) in [7, 11) is 0. The average Bonchev–Trinajstić information content (AvgIpc) is 3.09. The maximum Gasteiger partial charge on any atom is 0.309 e. The number of nitrogens with zero attached hydrogens (tertiary/aromatic N) is 2. The fourth-order valence-corrected chi connectivity index (χ4v) is 4.67. The minimum absolute atomic E-state index is 0.0239. The molecule has 1 aromatic heterocycles. The number of esters is 1. The summed E-state index contributed by atoms with van der Waals surface area (Å²) in [5, 5.41) is 9.29. The summed E-state index contributed by atoms with van der Waals surface area (Å²) >= 11 is 0. The Morgan fingerprint density at radius 3 is 2.79 bits per heavy atom. The Morgan fingerprint density at radius 2 is 2.04 bits per heavy atom. The quantitative estimate of drug-likeness (QED) is 0.732. The van der Waals surface area contributed by atoms with Gasteiger partial charge in [-0.25, -0.2) is 0 Å². The number of ether oxygens (including phenoxy) is 1. The van der Waals surface area contributed by atoms with E-state index in [0.29, 0.717) is 29.9 Å². The van der Waals surface area contributed by atoms with Crippen molar-refractivity contribution in [2.45, 2.75) is 20.3 Å². The molecule has 5 atom stereocenters. The van der Waals surface area contributed by atoms with Gasteiger partial charge in [0, 0.05) is 23.2 Å². The van der Waals surface area contributed by atoms with Crippen LogP contribution in [-0.2, 0) is 9.53 Å². The van der Waals surface area contributed by atoms with E-state index in [4.69, 9.17) is 4.74 Å². The molecule has 0 amide bonds. The third-order valence-electron chi connectivity index (χ3n) is 6.45. The number of rotatable bonds is 3.